The third-order valence-corrected chi connectivity index (χ3v) is 2.87. The lowest BCUT2D eigenvalue weighted by molar-refractivity contribution is -0.140. The van der Waals surface area contributed by atoms with Crippen molar-refractivity contribution in [2.75, 3.05) is 5.75 Å². The van der Waals surface area contributed by atoms with Crippen molar-refractivity contribution in [3.05, 3.63) is 9.90 Å². The number of carbonyl (C=O) groups is 2. The molecule has 2 N–H and O–H groups in total. The van der Waals surface area contributed by atoms with Gasteiger partial charge < -0.3 is 10.4 Å². The first-order chi connectivity index (χ1) is 7.68. The summed E-state index contributed by atoms with van der Waals surface area (Å²) in [4.78, 5) is 21.8. The average Bonchev–Trinajstić information content (AvgIpc) is 2.21. The van der Waals surface area contributed by atoms with Crippen molar-refractivity contribution in [1.82, 2.24) is 5.32 Å². The topological polar surface area (TPSA) is 66.4 Å². The lowest BCUT2D eigenvalue weighted by Gasteiger charge is -2.11. The van der Waals surface area contributed by atoms with Crippen LogP contribution in [0.25, 0.3) is 0 Å². The van der Waals surface area contributed by atoms with Crippen molar-refractivity contribution in [2.24, 2.45) is 0 Å². The predicted octanol–water partition coefficient (Wildman–Crippen LogP) is 1.59. The zero-order valence-electron chi connectivity index (χ0n) is 9.79. The Kier molecular flexibility index (Phi) is 4.43. The van der Waals surface area contributed by atoms with Crippen molar-refractivity contribution in [3.8, 4) is 0 Å². The van der Waals surface area contributed by atoms with Gasteiger partial charge in [-0.1, -0.05) is 23.2 Å². The van der Waals surface area contributed by atoms with E-state index in [-0.39, 0.29) is 10.1 Å². The highest BCUT2D eigenvalue weighted by molar-refractivity contribution is 8.04. The van der Waals surface area contributed by atoms with Crippen LogP contribution in [0, 0.1) is 0 Å². The molecule has 7 heteroatoms. The molecule has 1 amide bonds. The maximum absolute atomic E-state index is 11.1. The smallest absolute Gasteiger partial charge is 0.327 e. The number of thioether (sulfide) groups is 1. The van der Waals surface area contributed by atoms with Gasteiger partial charge in [0.25, 0.3) is 0 Å². The second kappa shape index (κ2) is 6.98. The molecule has 4 nitrogen and oxygen atoms in total. The summed E-state index contributed by atoms with van der Waals surface area (Å²) in [5.74, 6) is -2.80. The molecule has 0 aliphatic heterocycles. The third-order valence-electron chi connectivity index (χ3n) is 1.08. The minimum atomic E-state index is -2.88. The Hall–Kier alpha value is -0.390. The van der Waals surface area contributed by atoms with Crippen LogP contribution in [-0.4, -0.2) is 28.8 Å². The van der Waals surface area contributed by atoms with Gasteiger partial charge in [-0.3, -0.25) is 4.79 Å². The number of carbonyl (C=O) groups excluding carboxylic acids is 1. The van der Waals surface area contributed by atoms with Crippen molar-refractivity contribution >= 4 is 46.8 Å². The van der Waals surface area contributed by atoms with E-state index in [0.717, 1.165) is 17.3 Å². The van der Waals surface area contributed by atoms with Gasteiger partial charge in [-0.15, -0.1) is 11.8 Å². The van der Waals surface area contributed by atoms with Crippen molar-refractivity contribution < 1.29 is 18.8 Å². The Morgan fingerprint density at radius 1 is 1.79 bits per heavy atom. The molecule has 0 unspecified atom stereocenters. The number of carboxylic acids is 1. The molecule has 0 aliphatic carbocycles. The van der Waals surface area contributed by atoms with E-state index in [9.17, 15) is 9.59 Å². The molecule has 1 atom stereocenters. The molecule has 0 aromatic heterocycles. The zero-order valence-corrected chi connectivity index (χ0v) is 9.12. The van der Waals surface area contributed by atoms with Crippen LogP contribution >= 0.6 is 35.0 Å². The number of hydrogen-bond donors (Lipinski definition) is 2. The average molecular weight is 262 g/mol. The molecule has 0 aromatic rings. The molecule has 0 saturated carbocycles. The first kappa shape index (κ1) is 8.88. The van der Waals surface area contributed by atoms with Crippen molar-refractivity contribution in [1.29, 1.82) is 0 Å². The zero-order chi connectivity index (χ0) is 13.6. The van der Waals surface area contributed by atoms with Crippen LogP contribution < -0.4 is 5.32 Å². The molecule has 80 valence electrons. The highest BCUT2D eigenvalue weighted by Crippen LogP contribution is 2.21. The number of aliphatic carboxylic acids is 1. The van der Waals surface area contributed by atoms with Gasteiger partial charge in [0.05, 0.1) is 4.36 Å². The van der Waals surface area contributed by atoms with Gasteiger partial charge in [0.1, 0.15) is 6.04 Å². The first-order valence-corrected chi connectivity index (χ1v) is 5.11. The van der Waals surface area contributed by atoms with E-state index in [1.807, 2.05) is 5.32 Å². The third kappa shape index (κ3) is 6.12. The van der Waals surface area contributed by atoms with Gasteiger partial charge in [0.15, 0.2) is 0 Å². The normalized spacial score (nSPS) is 17.6. The van der Waals surface area contributed by atoms with Gasteiger partial charge in [0, 0.05) is 22.3 Å². The molecule has 0 fully saturated rings. The number of amides is 1. The summed E-state index contributed by atoms with van der Waals surface area (Å²) in [6.45, 7) is -2.88. The molecule has 14 heavy (non-hydrogen) atoms. The lowest BCUT2D eigenvalue weighted by atomic mass is 10.4. The van der Waals surface area contributed by atoms with Crippen LogP contribution in [0.4, 0.5) is 0 Å². The number of hydrogen-bond acceptors (Lipinski definition) is 3. The molecule has 0 radical (unpaired) electrons. The van der Waals surface area contributed by atoms with Crippen LogP contribution in [0.3, 0.4) is 0 Å². The number of halogens is 2. The van der Waals surface area contributed by atoms with Crippen LogP contribution in [0.2, 0.25) is 0 Å². The largest absolute Gasteiger partial charge is 0.480 e. The SMILES string of the molecule is [2H]C([2H])([2H])[13C](=O)N[C@@H](CSC(Cl)=CCl)C(=O)O. The van der Waals surface area contributed by atoms with Crippen LogP contribution in [0.1, 0.15) is 11.0 Å². The molecule has 0 saturated heterocycles. The van der Waals surface area contributed by atoms with Gasteiger partial charge in [-0.2, -0.15) is 0 Å². The Morgan fingerprint density at radius 2 is 2.43 bits per heavy atom. The van der Waals surface area contributed by atoms with Gasteiger partial charge in [-0.25, -0.2) is 4.79 Å². The summed E-state index contributed by atoms with van der Waals surface area (Å²) in [5, 5.41) is 10.7. The highest BCUT2D eigenvalue weighted by Gasteiger charge is 2.18. The lowest BCUT2D eigenvalue weighted by Crippen LogP contribution is -2.41. The molecule has 0 aromatic carbocycles. The van der Waals surface area contributed by atoms with Gasteiger partial charge >= 0.3 is 5.97 Å². The fourth-order valence-electron chi connectivity index (χ4n) is 0.527. The fraction of sp³-hybridized carbons (Fsp3) is 0.429. The van der Waals surface area contributed by atoms with E-state index < -0.39 is 24.8 Å². The molecule has 0 spiro atoms. The predicted molar refractivity (Wildman–Crippen MR) is 57.5 cm³/mol. The first-order valence-electron chi connectivity index (χ1n) is 4.81. The van der Waals surface area contributed by atoms with Crippen LogP contribution in [0.5, 0.6) is 0 Å². The second-order valence-corrected chi connectivity index (χ2v) is 4.00. The number of nitrogens with one attached hydrogen (secondary N) is 1. The van der Waals surface area contributed by atoms with E-state index >= 15 is 0 Å². The summed E-state index contributed by atoms with van der Waals surface area (Å²) in [5.41, 5.74) is 1.04. The Morgan fingerprint density at radius 3 is 2.86 bits per heavy atom. The fourth-order valence-corrected chi connectivity index (χ4v) is 1.52. The quantitative estimate of drug-likeness (QED) is 0.738. The maximum Gasteiger partial charge on any atom is 0.327 e. The summed E-state index contributed by atoms with van der Waals surface area (Å²) < 4.78 is 20.5. The van der Waals surface area contributed by atoms with E-state index in [0.29, 0.717) is 0 Å². The van der Waals surface area contributed by atoms with Crippen LogP contribution in [-0.2, 0) is 9.59 Å². The number of carboxylic acid groups (broad SMARTS) is 1. The van der Waals surface area contributed by atoms with Crippen molar-refractivity contribution in [2.45, 2.75) is 12.9 Å². The van der Waals surface area contributed by atoms with Gasteiger partial charge in [0.2, 0.25) is 5.91 Å². The Bertz CT molecular complexity index is 335. The molecule has 0 aliphatic rings. The Labute approximate surface area is 99.9 Å². The summed E-state index contributed by atoms with van der Waals surface area (Å²) >= 11 is 11.7. The minimum absolute atomic E-state index is 0.126. The highest BCUT2D eigenvalue weighted by atomic mass is 35.5. The van der Waals surface area contributed by atoms with E-state index in [1.54, 1.807) is 0 Å². The van der Waals surface area contributed by atoms with Crippen LogP contribution in [0.15, 0.2) is 9.90 Å². The standard InChI is InChI=1S/C7H9Cl2NO3S/c1-4(11)10-5(7(12)13)3-14-6(9)2-8/h2,5H,3H2,1H3,(H,10,11)(H,12,13)/t5-/m0/s1/i1D3,4+1. The molecule has 0 bridgehead atoms. The van der Waals surface area contributed by atoms with Crippen molar-refractivity contribution in [3.63, 3.8) is 0 Å². The summed E-state index contributed by atoms with van der Waals surface area (Å²) in [6.07, 6.45) is 0. The summed E-state index contributed by atoms with van der Waals surface area (Å²) in [6, 6.07) is -1.35. The Balaban J connectivity index is 4.46. The van der Waals surface area contributed by atoms with E-state index in [2.05, 4.69) is 0 Å². The van der Waals surface area contributed by atoms with E-state index in [4.69, 9.17) is 32.4 Å². The molecular formula is C7H9Cl2NO3S. The van der Waals surface area contributed by atoms with Gasteiger partial charge in [-0.05, 0) is 0 Å². The van der Waals surface area contributed by atoms with E-state index in [1.165, 1.54) is 0 Å². The number of rotatable bonds is 5. The minimum Gasteiger partial charge on any atom is -0.480 e. The molecule has 0 rings (SSSR count). The second-order valence-electron chi connectivity index (χ2n) is 2.09. The monoisotopic (exact) mass is 261 g/mol. The molecule has 0 heterocycles. The molecular weight excluding hydrogens is 250 g/mol. The maximum atomic E-state index is 11.1. The summed E-state index contributed by atoms with van der Waals surface area (Å²) in [7, 11) is 0.